The summed E-state index contributed by atoms with van der Waals surface area (Å²) in [6.45, 7) is 9.83. The van der Waals surface area contributed by atoms with Crippen molar-refractivity contribution in [1.82, 2.24) is 0 Å². The summed E-state index contributed by atoms with van der Waals surface area (Å²) in [6.07, 6.45) is 5.97. The van der Waals surface area contributed by atoms with Crippen molar-refractivity contribution in [3.63, 3.8) is 0 Å². The molecule has 0 atom stereocenters. The van der Waals surface area contributed by atoms with E-state index >= 15 is 0 Å². The van der Waals surface area contributed by atoms with Crippen molar-refractivity contribution in [2.75, 3.05) is 12.4 Å². The zero-order chi connectivity index (χ0) is 26.2. The number of alkyl halides is 3. The Morgan fingerprint density at radius 1 is 0.971 bits per heavy atom. The van der Waals surface area contributed by atoms with Gasteiger partial charge in [0.15, 0.2) is 5.75 Å². The monoisotopic (exact) mass is 485 g/mol. The van der Waals surface area contributed by atoms with E-state index in [0.717, 1.165) is 39.6 Å². The number of hydrogen-bond donors (Lipinski definition) is 1. The fourth-order valence-electron chi connectivity index (χ4n) is 3.36. The molecule has 0 unspecified atom stereocenters. The number of benzene rings is 2. The van der Waals surface area contributed by atoms with Gasteiger partial charge in [-0.05, 0) is 80.6 Å². The molecular weight excluding hydrogens is 455 g/mol. The summed E-state index contributed by atoms with van der Waals surface area (Å²) in [5, 5.41) is 2.42. The topological polar surface area (TPSA) is 47.6 Å². The normalized spacial score (nSPS) is 12.9. The number of allylic oxidation sites excluding steroid dienone is 6. The van der Waals surface area contributed by atoms with Gasteiger partial charge in [0.25, 0.3) is 0 Å². The zero-order valence-electron chi connectivity index (χ0n) is 20.7. The lowest BCUT2D eigenvalue weighted by molar-refractivity contribution is -0.274. The third kappa shape index (κ3) is 8.52. The van der Waals surface area contributed by atoms with Crippen LogP contribution in [0.2, 0.25) is 0 Å². The van der Waals surface area contributed by atoms with Gasteiger partial charge in [0.2, 0.25) is 5.91 Å². The summed E-state index contributed by atoms with van der Waals surface area (Å²) in [6, 6.07) is 7.39. The van der Waals surface area contributed by atoms with Crippen molar-refractivity contribution in [3.05, 3.63) is 94.1 Å². The molecule has 0 aliphatic rings. The number of rotatable bonds is 8. The van der Waals surface area contributed by atoms with E-state index in [1.807, 2.05) is 39.0 Å². The highest BCUT2D eigenvalue weighted by atomic mass is 19.4. The van der Waals surface area contributed by atoms with Crippen LogP contribution in [0.15, 0.2) is 71.9 Å². The van der Waals surface area contributed by atoms with Crippen LogP contribution in [-0.2, 0) is 4.79 Å². The fourth-order valence-corrected chi connectivity index (χ4v) is 3.36. The Bertz CT molecular complexity index is 1190. The Morgan fingerprint density at radius 2 is 1.66 bits per heavy atom. The van der Waals surface area contributed by atoms with Crippen molar-refractivity contribution in [1.29, 1.82) is 0 Å². The first-order valence-corrected chi connectivity index (χ1v) is 10.9. The average Bonchev–Trinajstić information content (AvgIpc) is 2.76. The minimum absolute atomic E-state index is 0.0666. The number of anilines is 1. The first-order chi connectivity index (χ1) is 16.4. The van der Waals surface area contributed by atoms with Gasteiger partial charge in [0.05, 0.1) is 12.8 Å². The van der Waals surface area contributed by atoms with Crippen LogP contribution in [0.1, 0.15) is 36.1 Å². The quantitative estimate of drug-likeness (QED) is 0.309. The standard InChI is InChI=1S/C28H30F3NO3/c1-18(14-15-23-20(3)17-26(34-6)22(5)21(23)4)10-9-11-19(2)16-27(33)32-24-12-7-8-13-25(24)35-28(29,30)31/h7-17H,1-6H3,(H,32,33)/b11-9+,15-14+,18-10+,19-16+. The molecule has 2 rings (SSSR count). The number of hydrogen-bond acceptors (Lipinski definition) is 3. The molecule has 186 valence electrons. The van der Waals surface area contributed by atoms with Crippen LogP contribution in [0.25, 0.3) is 6.08 Å². The van der Waals surface area contributed by atoms with Gasteiger partial charge in [0.1, 0.15) is 5.75 Å². The molecule has 0 saturated carbocycles. The summed E-state index contributed by atoms with van der Waals surface area (Å²) < 4.78 is 47.0. The van der Waals surface area contributed by atoms with Gasteiger partial charge in [-0.3, -0.25) is 4.79 Å². The van der Waals surface area contributed by atoms with E-state index in [0.29, 0.717) is 5.57 Å². The van der Waals surface area contributed by atoms with Gasteiger partial charge in [-0.15, -0.1) is 13.2 Å². The molecule has 4 nitrogen and oxygen atoms in total. The van der Waals surface area contributed by atoms with Crippen molar-refractivity contribution in [3.8, 4) is 11.5 Å². The lowest BCUT2D eigenvalue weighted by Gasteiger charge is -2.13. The van der Waals surface area contributed by atoms with Crippen LogP contribution in [-0.4, -0.2) is 19.4 Å². The predicted octanol–water partition coefficient (Wildman–Crippen LogP) is 7.62. The van der Waals surface area contributed by atoms with Gasteiger partial charge in [-0.1, -0.05) is 48.1 Å². The maximum Gasteiger partial charge on any atom is 0.573 e. The third-order valence-electron chi connectivity index (χ3n) is 5.29. The second-order valence-corrected chi connectivity index (χ2v) is 8.08. The Hall–Kier alpha value is -3.74. The first kappa shape index (κ1) is 27.5. The highest BCUT2D eigenvalue weighted by Gasteiger charge is 2.32. The zero-order valence-corrected chi connectivity index (χ0v) is 20.7. The number of carbonyl (C=O) groups excluding carboxylic acids is 1. The molecule has 7 heteroatoms. The van der Waals surface area contributed by atoms with E-state index in [9.17, 15) is 18.0 Å². The maximum atomic E-state index is 12.5. The maximum absolute atomic E-state index is 12.5. The molecule has 0 radical (unpaired) electrons. The number of methoxy groups -OCH3 is 1. The molecule has 0 saturated heterocycles. The molecule has 0 fully saturated rings. The lowest BCUT2D eigenvalue weighted by Crippen LogP contribution is -2.19. The van der Waals surface area contributed by atoms with Crippen LogP contribution in [0.3, 0.4) is 0 Å². The van der Waals surface area contributed by atoms with Crippen molar-refractivity contribution in [2.24, 2.45) is 0 Å². The number of halogens is 3. The number of carbonyl (C=O) groups is 1. The van der Waals surface area contributed by atoms with Crippen molar-refractivity contribution < 1.29 is 27.4 Å². The molecule has 0 bridgehead atoms. The van der Waals surface area contributed by atoms with Gasteiger partial charge in [-0.25, -0.2) is 0 Å². The summed E-state index contributed by atoms with van der Waals surface area (Å²) in [4.78, 5) is 12.2. The highest BCUT2D eigenvalue weighted by molar-refractivity contribution is 6.00. The Kier molecular flexibility index (Phi) is 9.51. The van der Waals surface area contributed by atoms with Gasteiger partial charge >= 0.3 is 6.36 Å². The van der Waals surface area contributed by atoms with E-state index in [4.69, 9.17) is 4.74 Å². The number of amides is 1. The third-order valence-corrected chi connectivity index (χ3v) is 5.29. The van der Waals surface area contributed by atoms with Crippen LogP contribution in [0.5, 0.6) is 11.5 Å². The van der Waals surface area contributed by atoms with E-state index in [1.165, 1.54) is 24.3 Å². The Balaban J connectivity index is 2.06. The summed E-state index contributed by atoms with van der Waals surface area (Å²) in [7, 11) is 1.66. The van der Waals surface area contributed by atoms with Crippen molar-refractivity contribution in [2.45, 2.75) is 41.0 Å². The second kappa shape index (κ2) is 12.1. The van der Waals surface area contributed by atoms with Crippen molar-refractivity contribution >= 4 is 17.7 Å². The molecule has 35 heavy (non-hydrogen) atoms. The van der Waals surface area contributed by atoms with E-state index < -0.39 is 18.0 Å². The average molecular weight is 486 g/mol. The molecular formula is C28H30F3NO3. The summed E-state index contributed by atoms with van der Waals surface area (Å²) in [5.74, 6) is -0.167. The molecule has 2 aromatic rings. The molecule has 0 spiro atoms. The minimum Gasteiger partial charge on any atom is -0.496 e. The summed E-state index contributed by atoms with van der Waals surface area (Å²) >= 11 is 0. The molecule has 1 N–H and O–H groups in total. The highest BCUT2D eigenvalue weighted by Crippen LogP contribution is 2.30. The largest absolute Gasteiger partial charge is 0.573 e. The molecule has 0 aliphatic heterocycles. The SMILES string of the molecule is COc1cc(C)c(/C=C/C(C)=C/C=C/C(C)=C/C(=O)Nc2ccccc2OC(F)(F)F)c(C)c1C. The number of para-hydroxylation sites is 2. The molecule has 0 aromatic heterocycles. The van der Waals surface area contributed by atoms with Gasteiger partial charge < -0.3 is 14.8 Å². The molecule has 0 aliphatic carbocycles. The van der Waals surface area contributed by atoms with Gasteiger partial charge in [-0.2, -0.15) is 0 Å². The first-order valence-electron chi connectivity index (χ1n) is 10.9. The Morgan fingerprint density at radius 3 is 2.31 bits per heavy atom. The number of ether oxygens (including phenoxy) is 2. The minimum atomic E-state index is -4.85. The van der Waals surface area contributed by atoms with Gasteiger partial charge in [0, 0.05) is 6.08 Å². The predicted molar refractivity (Wildman–Crippen MR) is 135 cm³/mol. The van der Waals surface area contributed by atoms with Crippen LogP contribution >= 0.6 is 0 Å². The molecule has 1 amide bonds. The fraction of sp³-hybridized carbons (Fsp3) is 0.250. The van der Waals surface area contributed by atoms with Crippen LogP contribution in [0, 0.1) is 20.8 Å². The van der Waals surface area contributed by atoms with E-state index in [-0.39, 0.29) is 5.69 Å². The molecule has 2 aromatic carbocycles. The Labute approximate surface area is 204 Å². The van der Waals surface area contributed by atoms with Crippen LogP contribution < -0.4 is 14.8 Å². The molecule has 0 heterocycles. The van der Waals surface area contributed by atoms with Crippen LogP contribution in [0.4, 0.5) is 18.9 Å². The number of nitrogens with one attached hydrogen (secondary N) is 1. The second-order valence-electron chi connectivity index (χ2n) is 8.08. The van der Waals surface area contributed by atoms with E-state index in [2.05, 4.69) is 23.1 Å². The van der Waals surface area contributed by atoms with E-state index in [1.54, 1.807) is 26.2 Å². The lowest BCUT2D eigenvalue weighted by atomic mass is 9.96. The number of aryl methyl sites for hydroxylation is 1. The smallest absolute Gasteiger partial charge is 0.496 e. The summed E-state index contributed by atoms with van der Waals surface area (Å²) in [5.41, 5.74) is 6.09.